The van der Waals surface area contributed by atoms with Crippen LogP contribution < -0.4 is 0 Å². The van der Waals surface area contributed by atoms with E-state index in [2.05, 4.69) is 75.7 Å². The Kier molecular flexibility index (Phi) is 4.02. The molecule has 1 aromatic carbocycles. The highest BCUT2D eigenvalue weighted by atomic mass is 28.3. The third-order valence-corrected chi connectivity index (χ3v) is 6.19. The maximum absolute atomic E-state index is 2.79. The molecule has 1 aromatic rings. The minimum absolute atomic E-state index is 0.233. The van der Waals surface area contributed by atoms with Gasteiger partial charge in [-0.15, -0.1) is 0 Å². The average Bonchev–Trinajstić information content (AvgIpc) is 2.66. The Morgan fingerprint density at radius 3 is 2.32 bits per heavy atom. The Morgan fingerprint density at radius 2 is 1.79 bits per heavy atom. The lowest BCUT2D eigenvalue weighted by atomic mass is 9.98. The predicted molar refractivity (Wildman–Crippen MR) is 87.9 cm³/mol. The first-order valence-corrected chi connectivity index (χ1v) is 10.3. The number of hydrogen-bond acceptors (Lipinski definition) is 1. The number of nitrogens with zero attached hydrogens (tertiary/aromatic N) is 1. The van der Waals surface area contributed by atoms with Gasteiger partial charge in [0.05, 0.1) is 6.04 Å². The van der Waals surface area contributed by atoms with E-state index in [1.165, 1.54) is 11.1 Å². The summed E-state index contributed by atoms with van der Waals surface area (Å²) in [6.07, 6.45) is 3.56. The SMILES string of the molecule is CCC1=Cc2ccccc2C1N([SiH](C)C)C(C)(C)C. The van der Waals surface area contributed by atoms with E-state index >= 15 is 0 Å². The quantitative estimate of drug-likeness (QED) is 0.726. The molecule has 19 heavy (non-hydrogen) atoms. The lowest BCUT2D eigenvalue weighted by molar-refractivity contribution is 0.207. The van der Waals surface area contributed by atoms with Gasteiger partial charge in [0.15, 0.2) is 0 Å². The number of rotatable bonds is 3. The average molecular weight is 273 g/mol. The number of hydrogen-bond donors (Lipinski definition) is 0. The maximum Gasteiger partial charge on any atom is 0.107 e. The molecule has 0 heterocycles. The summed E-state index contributed by atoms with van der Waals surface area (Å²) in [7, 11) is -0.882. The van der Waals surface area contributed by atoms with Crippen LogP contribution in [0, 0.1) is 0 Å². The molecule has 1 aliphatic rings. The normalized spacial score (nSPS) is 18.9. The van der Waals surface area contributed by atoms with Crippen LogP contribution in [-0.2, 0) is 0 Å². The van der Waals surface area contributed by atoms with Crippen molar-refractivity contribution in [3.63, 3.8) is 0 Å². The van der Waals surface area contributed by atoms with Gasteiger partial charge in [0.1, 0.15) is 8.96 Å². The molecule has 0 radical (unpaired) electrons. The summed E-state index contributed by atoms with van der Waals surface area (Å²) in [5.74, 6) is 0. The van der Waals surface area contributed by atoms with Crippen molar-refractivity contribution in [1.82, 2.24) is 4.57 Å². The molecule has 1 nitrogen and oxygen atoms in total. The highest BCUT2D eigenvalue weighted by molar-refractivity contribution is 6.53. The van der Waals surface area contributed by atoms with Gasteiger partial charge in [0, 0.05) is 5.54 Å². The third kappa shape index (κ3) is 2.70. The Hall–Kier alpha value is -0.863. The third-order valence-electron chi connectivity index (χ3n) is 4.00. The van der Waals surface area contributed by atoms with Crippen molar-refractivity contribution in [2.24, 2.45) is 0 Å². The van der Waals surface area contributed by atoms with Crippen molar-refractivity contribution in [1.29, 1.82) is 0 Å². The van der Waals surface area contributed by atoms with Gasteiger partial charge in [-0.2, -0.15) is 0 Å². The highest BCUT2D eigenvalue weighted by Crippen LogP contribution is 2.43. The van der Waals surface area contributed by atoms with Gasteiger partial charge in [-0.3, -0.25) is 0 Å². The molecule has 0 saturated heterocycles. The standard InChI is InChI=1S/C17H27NSi/c1-7-13-12-14-10-8-9-11-15(14)16(13)18(19(5)6)17(2,3)4/h8-12,16,19H,7H2,1-6H3. The molecule has 0 aliphatic heterocycles. The molecule has 1 atom stereocenters. The van der Waals surface area contributed by atoms with Gasteiger partial charge in [-0.05, 0) is 43.9 Å². The zero-order valence-corrected chi connectivity index (χ0v) is 14.4. The molecule has 2 heteroatoms. The van der Waals surface area contributed by atoms with Crippen LogP contribution in [0.2, 0.25) is 13.1 Å². The van der Waals surface area contributed by atoms with Gasteiger partial charge in [0.25, 0.3) is 0 Å². The lowest BCUT2D eigenvalue weighted by Crippen LogP contribution is -2.50. The zero-order valence-electron chi connectivity index (χ0n) is 13.2. The fraction of sp³-hybridized carbons (Fsp3) is 0.529. The smallest absolute Gasteiger partial charge is 0.107 e. The maximum atomic E-state index is 2.79. The summed E-state index contributed by atoms with van der Waals surface area (Å²) in [5.41, 5.74) is 4.75. The van der Waals surface area contributed by atoms with Crippen LogP contribution in [0.25, 0.3) is 6.08 Å². The summed E-state index contributed by atoms with van der Waals surface area (Å²) < 4.78 is 2.79. The summed E-state index contributed by atoms with van der Waals surface area (Å²) in [5, 5.41) is 0. The molecule has 0 N–H and O–H groups in total. The van der Waals surface area contributed by atoms with Crippen LogP contribution in [0.4, 0.5) is 0 Å². The zero-order chi connectivity index (χ0) is 14.2. The molecule has 0 fully saturated rings. The first kappa shape index (κ1) is 14.5. The molecule has 0 amide bonds. The molecule has 0 saturated carbocycles. The molecule has 0 aromatic heterocycles. The fourth-order valence-electron chi connectivity index (χ4n) is 3.45. The Labute approximate surface area is 120 Å². The second-order valence-corrected chi connectivity index (χ2v) is 9.52. The van der Waals surface area contributed by atoms with E-state index in [0.29, 0.717) is 6.04 Å². The van der Waals surface area contributed by atoms with Gasteiger partial charge >= 0.3 is 0 Å². The van der Waals surface area contributed by atoms with E-state index in [-0.39, 0.29) is 5.54 Å². The fourth-order valence-corrected chi connectivity index (χ4v) is 5.95. The van der Waals surface area contributed by atoms with Gasteiger partial charge in [0.2, 0.25) is 0 Å². The molecule has 104 valence electrons. The van der Waals surface area contributed by atoms with Crippen LogP contribution in [0.15, 0.2) is 29.8 Å². The van der Waals surface area contributed by atoms with Gasteiger partial charge in [-0.25, -0.2) is 0 Å². The number of fused-ring (bicyclic) bond motifs is 1. The molecular formula is C17H27NSi. The van der Waals surface area contributed by atoms with Crippen molar-refractivity contribution in [3.8, 4) is 0 Å². The second-order valence-electron chi connectivity index (χ2n) is 6.78. The van der Waals surface area contributed by atoms with Crippen LogP contribution in [-0.4, -0.2) is 19.1 Å². The molecule has 1 unspecified atom stereocenters. The minimum Gasteiger partial charge on any atom is -0.312 e. The van der Waals surface area contributed by atoms with Crippen LogP contribution in [0.1, 0.15) is 51.3 Å². The van der Waals surface area contributed by atoms with Crippen LogP contribution >= 0.6 is 0 Å². The Bertz CT molecular complexity index is 482. The van der Waals surface area contributed by atoms with E-state index in [0.717, 1.165) is 6.42 Å². The summed E-state index contributed by atoms with van der Waals surface area (Å²) in [6.45, 7) is 14.2. The summed E-state index contributed by atoms with van der Waals surface area (Å²) >= 11 is 0. The van der Waals surface area contributed by atoms with Crippen LogP contribution in [0.5, 0.6) is 0 Å². The second kappa shape index (κ2) is 5.26. The van der Waals surface area contributed by atoms with Gasteiger partial charge in [-0.1, -0.05) is 50.4 Å². The Morgan fingerprint density at radius 1 is 1.16 bits per heavy atom. The van der Waals surface area contributed by atoms with E-state index in [4.69, 9.17) is 0 Å². The van der Waals surface area contributed by atoms with Crippen molar-refractivity contribution in [2.75, 3.05) is 0 Å². The van der Waals surface area contributed by atoms with Crippen LogP contribution in [0.3, 0.4) is 0 Å². The van der Waals surface area contributed by atoms with Crippen molar-refractivity contribution < 1.29 is 0 Å². The predicted octanol–water partition coefficient (Wildman–Crippen LogP) is 4.62. The first-order chi connectivity index (χ1) is 8.86. The van der Waals surface area contributed by atoms with Gasteiger partial charge < -0.3 is 4.57 Å². The molecule has 2 rings (SSSR count). The lowest BCUT2D eigenvalue weighted by Gasteiger charge is -2.44. The Balaban J connectivity index is 2.50. The van der Waals surface area contributed by atoms with Crippen molar-refractivity contribution in [2.45, 2.75) is 58.8 Å². The highest BCUT2D eigenvalue weighted by Gasteiger charge is 2.36. The van der Waals surface area contributed by atoms with E-state index in [1.807, 2.05) is 0 Å². The van der Waals surface area contributed by atoms with E-state index in [1.54, 1.807) is 5.57 Å². The first-order valence-electron chi connectivity index (χ1n) is 7.44. The molecular weight excluding hydrogens is 246 g/mol. The monoisotopic (exact) mass is 273 g/mol. The number of benzene rings is 1. The topological polar surface area (TPSA) is 3.24 Å². The summed E-state index contributed by atoms with van der Waals surface area (Å²) in [4.78, 5) is 0. The van der Waals surface area contributed by atoms with Crippen molar-refractivity contribution >= 4 is 15.0 Å². The van der Waals surface area contributed by atoms with Crippen molar-refractivity contribution in [3.05, 3.63) is 41.0 Å². The molecule has 0 bridgehead atoms. The van der Waals surface area contributed by atoms with E-state index < -0.39 is 8.96 Å². The molecule has 1 aliphatic carbocycles. The molecule has 0 spiro atoms. The summed E-state index contributed by atoms with van der Waals surface area (Å²) in [6, 6.07) is 9.41. The largest absolute Gasteiger partial charge is 0.312 e. The minimum atomic E-state index is -0.882. The van der Waals surface area contributed by atoms with E-state index in [9.17, 15) is 0 Å².